The van der Waals surface area contributed by atoms with Crippen molar-refractivity contribution in [2.24, 2.45) is 5.14 Å². The van der Waals surface area contributed by atoms with Crippen LogP contribution in [0.4, 0.5) is 11.4 Å². The van der Waals surface area contributed by atoms with Gasteiger partial charge in [-0.3, -0.25) is 4.72 Å². The molecule has 2 aromatic rings. The summed E-state index contributed by atoms with van der Waals surface area (Å²) in [6, 6.07) is 10.2. The van der Waals surface area contributed by atoms with E-state index in [0.29, 0.717) is 5.69 Å². The lowest BCUT2D eigenvalue weighted by Gasteiger charge is -2.10. The molecule has 5 N–H and O–H groups in total. The number of primary sulfonamides is 1. The van der Waals surface area contributed by atoms with Crippen molar-refractivity contribution in [2.45, 2.75) is 23.1 Å². The Morgan fingerprint density at radius 1 is 1.00 bits per heavy atom. The summed E-state index contributed by atoms with van der Waals surface area (Å²) in [6.07, 6.45) is 0.836. The van der Waals surface area contributed by atoms with Crippen LogP contribution < -0.4 is 15.6 Å². The summed E-state index contributed by atoms with van der Waals surface area (Å²) in [5.41, 5.74) is 6.85. The maximum absolute atomic E-state index is 12.4. The van der Waals surface area contributed by atoms with Crippen molar-refractivity contribution in [3.05, 3.63) is 48.0 Å². The van der Waals surface area contributed by atoms with Gasteiger partial charge < -0.3 is 5.73 Å². The van der Waals surface area contributed by atoms with Crippen LogP contribution >= 0.6 is 0 Å². The summed E-state index contributed by atoms with van der Waals surface area (Å²) >= 11 is 0. The number of nitrogens with one attached hydrogen (secondary N) is 1. The molecule has 0 fully saturated rings. The molecular formula is C14H17N3O4S2. The molecule has 2 aromatic carbocycles. The summed E-state index contributed by atoms with van der Waals surface area (Å²) in [5, 5.41) is 5.03. The maximum atomic E-state index is 12.4. The van der Waals surface area contributed by atoms with E-state index in [1.54, 1.807) is 24.3 Å². The quantitative estimate of drug-likeness (QED) is 0.695. The van der Waals surface area contributed by atoms with Crippen molar-refractivity contribution < 1.29 is 16.8 Å². The highest BCUT2D eigenvalue weighted by Gasteiger charge is 2.20. The molecule has 23 heavy (non-hydrogen) atoms. The van der Waals surface area contributed by atoms with E-state index in [2.05, 4.69) is 4.72 Å². The molecule has 7 nitrogen and oxygen atoms in total. The Morgan fingerprint density at radius 2 is 1.61 bits per heavy atom. The third-order valence-corrected chi connectivity index (χ3v) is 5.56. The molecule has 0 aromatic heterocycles. The number of sulfonamides is 2. The standard InChI is InChI=1S/C14H17N3O4S2/c1-2-10-3-5-11(6-4-10)17-23(20,21)12-7-8-13(15)14(9-12)22(16,18)19/h3-9,17H,2,15H2,1H3,(H2,16,18,19). The first-order valence-corrected chi connectivity index (χ1v) is 9.70. The molecule has 0 saturated carbocycles. The van der Waals surface area contributed by atoms with Gasteiger partial charge in [0.15, 0.2) is 0 Å². The zero-order chi connectivity index (χ0) is 17.3. The van der Waals surface area contributed by atoms with E-state index in [1.807, 2.05) is 6.92 Å². The molecule has 0 radical (unpaired) electrons. The van der Waals surface area contributed by atoms with Crippen molar-refractivity contribution in [3.8, 4) is 0 Å². The van der Waals surface area contributed by atoms with Gasteiger partial charge in [-0.05, 0) is 42.3 Å². The molecule has 9 heteroatoms. The van der Waals surface area contributed by atoms with E-state index < -0.39 is 24.9 Å². The zero-order valence-corrected chi connectivity index (χ0v) is 14.0. The molecule has 0 bridgehead atoms. The van der Waals surface area contributed by atoms with Gasteiger partial charge >= 0.3 is 0 Å². The lowest BCUT2D eigenvalue weighted by molar-refractivity contribution is 0.597. The average Bonchev–Trinajstić information content (AvgIpc) is 2.46. The summed E-state index contributed by atoms with van der Waals surface area (Å²) in [6.45, 7) is 1.99. The fourth-order valence-corrected chi connectivity index (χ4v) is 3.80. The molecule has 0 aliphatic heterocycles. The molecule has 124 valence electrons. The predicted molar refractivity (Wildman–Crippen MR) is 88.9 cm³/mol. The Hall–Kier alpha value is -2.10. The van der Waals surface area contributed by atoms with Crippen LogP contribution in [0.1, 0.15) is 12.5 Å². The molecule has 0 aliphatic rings. The van der Waals surface area contributed by atoms with Crippen LogP contribution in [0.15, 0.2) is 52.3 Å². The highest BCUT2D eigenvalue weighted by Crippen LogP contribution is 2.23. The third-order valence-electron chi connectivity index (χ3n) is 3.22. The number of anilines is 2. The smallest absolute Gasteiger partial charge is 0.261 e. The first-order chi connectivity index (χ1) is 10.6. The van der Waals surface area contributed by atoms with Crippen LogP contribution in [0.2, 0.25) is 0 Å². The maximum Gasteiger partial charge on any atom is 0.261 e. The van der Waals surface area contributed by atoms with Crippen molar-refractivity contribution >= 4 is 31.4 Å². The number of aryl methyl sites for hydroxylation is 1. The molecule has 0 unspecified atom stereocenters. The van der Waals surface area contributed by atoms with Crippen molar-refractivity contribution in [2.75, 3.05) is 10.5 Å². The second-order valence-corrected chi connectivity index (χ2v) is 8.11. The van der Waals surface area contributed by atoms with Gasteiger partial charge in [-0.2, -0.15) is 0 Å². The highest BCUT2D eigenvalue weighted by molar-refractivity contribution is 7.93. The molecule has 2 rings (SSSR count). The minimum absolute atomic E-state index is 0.112. The average molecular weight is 355 g/mol. The van der Waals surface area contributed by atoms with Gasteiger partial charge in [0, 0.05) is 5.69 Å². The molecule has 0 aliphatic carbocycles. The molecular weight excluding hydrogens is 338 g/mol. The fourth-order valence-electron chi connectivity index (χ4n) is 1.95. The number of hydrogen-bond acceptors (Lipinski definition) is 5. The SMILES string of the molecule is CCc1ccc(NS(=O)(=O)c2ccc(N)c(S(N)(=O)=O)c2)cc1. The minimum atomic E-state index is -4.12. The number of nitrogen functional groups attached to an aromatic ring is 1. The second-order valence-electron chi connectivity index (χ2n) is 4.90. The van der Waals surface area contributed by atoms with Crippen molar-refractivity contribution in [3.63, 3.8) is 0 Å². The predicted octanol–water partition coefficient (Wildman–Crippen LogP) is 1.28. The zero-order valence-electron chi connectivity index (χ0n) is 12.4. The largest absolute Gasteiger partial charge is 0.398 e. The van der Waals surface area contributed by atoms with Crippen LogP contribution in [-0.4, -0.2) is 16.8 Å². The van der Waals surface area contributed by atoms with E-state index in [4.69, 9.17) is 10.9 Å². The summed E-state index contributed by atoms with van der Waals surface area (Å²) in [7, 11) is -8.07. The number of rotatable bonds is 5. The second kappa shape index (κ2) is 6.19. The first kappa shape index (κ1) is 17.3. The normalized spacial score (nSPS) is 12.1. The molecule has 0 spiro atoms. The first-order valence-electron chi connectivity index (χ1n) is 6.67. The van der Waals surface area contributed by atoms with Crippen molar-refractivity contribution in [1.82, 2.24) is 0 Å². The molecule has 0 heterocycles. The Labute approximate surface area is 135 Å². The number of nitrogens with two attached hydrogens (primary N) is 2. The lowest BCUT2D eigenvalue weighted by atomic mass is 10.2. The minimum Gasteiger partial charge on any atom is -0.398 e. The van der Waals surface area contributed by atoms with E-state index >= 15 is 0 Å². The van der Waals surface area contributed by atoms with Gasteiger partial charge in [-0.25, -0.2) is 22.0 Å². The van der Waals surface area contributed by atoms with Crippen LogP contribution in [-0.2, 0) is 26.5 Å². The van der Waals surface area contributed by atoms with Crippen LogP contribution in [0, 0.1) is 0 Å². The van der Waals surface area contributed by atoms with Crippen LogP contribution in [0.25, 0.3) is 0 Å². The number of hydrogen-bond donors (Lipinski definition) is 3. The monoisotopic (exact) mass is 355 g/mol. The Bertz CT molecular complexity index is 921. The molecule has 0 saturated heterocycles. The molecule has 0 atom stereocenters. The molecule has 0 amide bonds. The van der Waals surface area contributed by atoms with Gasteiger partial charge in [0.2, 0.25) is 10.0 Å². The van der Waals surface area contributed by atoms with E-state index in [-0.39, 0.29) is 10.6 Å². The van der Waals surface area contributed by atoms with Gasteiger partial charge in [-0.1, -0.05) is 19.1 Å². The van der Waals surface area contributed by atoms with Crippen LogP contribution in [0.3, 0.4) is 0 Å². The van der Waals surface area contributed by atoms with E-state index in [0.717, 1.165) is 18.1 Å². The van der Waals surface area contributed by atoms with Gasteiger partial charge in [0.25, 0.3) is 10.0 Å². The van der Waals surface area contributed by atoms with E-state index in [9.17, 15) is 16.8 Å². The van der Waals surface area contributed by atoms with Gasteiger partial charge in [0.1, 0.15) is 4.90 Å². The summed E-state index contributed by atoms with van der Waals surface area (Å²) in [5.74, 6) is 0. The van der Waals surface area contributed by atoms with Gasteiger partial charge in [-0.15, -0.1) is 0 Å². The Kier molecular flexibility index (Phi) is 4.64. The fraction of sp³-hybridized carbons (Fsp3) is 0.143. The summed E-state index contributed by atoms with van der Waals surface area (Å²) in [4.78, 5) is -0.669. The van der Waals surface area contributed by atoms with Crippen molar-refractivity contribution in [1.29, 1.82) is 0 Å². The highest BCUT2D eigenvalue weighted by atomic mass is 32.2. The van der Waals surface area contributed by atoms with Crippen LogP contribution in [0.5, 0.6) is 0 Å². The Balaban J connectivity index is 2.39. The lowest BCUT2D eigenvalue weighted by Crippen LogP contribution is -2.17. The third kappa shape index (κ3) is 4.01. The summed E-state index contributed by atoms with van der Waals surface area (Å²) < 4.78 is 50.0. The van der Waals surface area contributed by atoms with E-state index in [1.165, 1.54) is 12.1 Å². The topological polar surface area (TPSA) is 132 Å². The van der Waals surface area contributed by atoms with Gasteiger partial charge in [0.05, 0.1) is 10.6 Å². The Morgan fingerprint density at radius 3 is 2.13 bits per heavy atom. The number of benzene rings is 2.